The van der Waals surface area contributed by atoms with Gasteiger partial charge in [-0.1, -0.05) is 18.2 Å². The molecule has 4 rings (SSSR count). The number of cyclic esters (lactones) is 1. The Morgan fingerprint density at radius 1 is 1.11 bits per heavy atom. The Kier molecular flexibility index (Phi) is 8.43. The molecular weight excluding hydrogens is 478 g/mol. The van der Waals surface area contributed by atoms with Crippen LogP contribution in [0.4, 0.5) is 4.79 Å². The first-order valence-electron chi connectivity index (χ1n) is 12.6. The van der Waals surface area contributed by atoms with Crippen molar-refractivity contribution in [2.24, 2.45) is 17.8 Å². The van der Waals surface area contributed by atoms with Crippen molar-refractivity contribution in [3.63, 3.8) is 0 Å². The predicted molar refractivity (Wildman–Crippen MR) is 135 cm³/mol. The predicted octanol–water partition coefficient (Wildman–Crippen LogP) is 3.93. The minimum absolute atomic E-state index is 0.0602. The van der Waals surface area contributed by atoms with Gasteiger partial charge in [0, 0.05) is 12.5 Å². The van der Waals surface area contributed by atoms with Crippen LogP contribution in [0.1, 0.15) is 36.9 Å². The number of rotatable bonds is 9. The number of carbonyl (C=O) groups is 2. The highest BCUT2D eigenvalue weighted by Gasteiger charge is 2.45. The van der Waals surface area contributed by atoms with Gasteiger partial charge < -0.3 is 29.2 Å². The average Bonchev–Trinajstić information content (AvgIpc) is 3.23. The Bertz CT molecular complexity index is 1110. The molecule has 2 aromatic carbocycles. The normalized spacial score (nSPS) is 25.5. The van der Waals surface area contributed by atoms with Gasteiger partial charge in [-0.15, -0.1) is 0 Å². The molecule has 0 radical (unpaired) electrons. The van der Waals surface area contributed by atoms with E-state index in [-0.39, 0.29) is 30.3 Å². The highest BCUT2D eigenvalue weighted by molar-refractivity contribution is 5.75. The third-order valence-corrected chi connectivity index (χ3v) is 7.45. The minimum Gasteiger partial charge on any atom is -0.494 e. The number of nitrogens with zero attached hydrogens (tertiary/aromatic N) is 1. The van der Waals surface area contributed by atoms with E-state index in [0.717, 1.165) is 5.56 Å². The quantitative estimate of drug-likeness (QED) is 0.485. The van der Waals surface area contributed by atoms with Gasteiger partial charge in [0.2, 0.25) is 0 Å². The lowest BCUT2D eigenvalue weighted by atomic mass is 9.76. The molecule has 2 aliphatic heterocycles. The molecule has 9 heteroatoms. The Morgan fingerprint density at radius 3 is 2.59 bits per heavy atom. The van der Waals surface area contributed by atoms with Gasteiger partial charge >= 0.3 is 12.1 Å². The summed E-state index contributed by atoms with van der Waals surface area (Å²) in [7, 11) is 3.16. The molecule has 2 fully saturated rings. The van der Waals surface area contributed by atoms with E-state index in [1.54, 1.807) is 38.5 Å². The zero-order valence-corrected chi connectivity index (χ0v) is 21.5. The van der Waals surface area contributed by atoms with Crippen LogP contribution in [0.25, 0.3) is 0 Å². The second-order valence-electron chi connectivity index (χ2n) is 9.59. The van der Waals surface area contributed by atoms with Crippen molar-refractivity contribution in [1.82, 2.24) is 4.90 Å². The fourth-order valence-corrected chi connectivity index (χ4v) is 5.59. The molecular formula is C28H35NO8. The van der Waals surface area contributed by atoms with Crippen molar-refractivity contribution in [1.29, 1.82) is 0 Å². The van der Waals surface area contributed by atoms with Crippen LogP contribution in [0.15, 0.2) is 42.5 Å². The first-order valence-corrected chi connectivity index (χ1v) is 12.6. The van der Waals surface area contributed by atoms with E-state index < -0.39 is 18.2 Å². The fourth-order valence-electron chi connectivity index (χ4n) is 5.59. The summed E-state index contributed by atoms with van der Waals surface area (Å²) in [5.74, 6) is 0.890. The maximum Gasteiger partial charge on any atom is 0.407 e. The Morgan fingerprint density at radius 2 is 1.89 bits per heavy atom. The van der Waals surface area contributed by atoms with Crippen LogP contribution < -0.4 is 14.2 Å². The largest absolute Gasteiger partial charge is 0.494 e. The van der Waals surface area contributed by atoms with Crippen LogP contribution in [0, 0.1) is 17.8 Å². The molecule has 5 atom stereocenters. The molecule has 9 nitrogen and oxygen atoms in total. The second-order valence-corrected chi connectivity index (χ2v) is 9.59. The lowest BCUT2D eigenvalue weighted by molar-refractivity contribution is -0.142. The summed E-state index contributed by atoms with van der Waals surface area (Å²) in [6, 6.07) is 12.1. The van der Waals surface area contributed by atoms with Crippen molar-refractivity contribution in [2.45, 2.75) is 38.3 Å². The van der Waals surface area contributed by atoms with Gasteiger partial charge in [-0.25, -0.2) is 4.79 Å². The minimum atomic E-state index is -1.09. The highest BCUT2D eigenvalue weighted by atomic mass is 16.5. The van der Waals surface area contributed by atoms with E-state index in [9.17, 15) is 19.8 Å². The van der Waals surface area contributed by atoms with Crippen molar-refractivity contribution in [3.8, 4) is 17.2 Å². The Balaban J connectivity index is 1.53. The summed E-state index contributed by atoms with van der Waals surface area (Å²) < 4.78 is 21.8. The summed E-state index contributed by atoms with van der Waals surface area (Å²) in [6.45, 7) is 2.93. The molecule has 0 saturated carbocycles. The molecule has 2 N–H and O–H groups in total. The molecule has 2 aromatic rings. The molecule has 1 amide bonds. The van der Waals surface area contributed by atoms with Gasteiger partial charge in [0.1, 0.15) is 5.75 Å². The smallest absolute Gasteiger partial charge is 0.407 e. The number of amides is 1. The maximum atomic E-state index is 12.7. The number of benzene rings is 2. The van der Waals surface area contributed by atoms with E-state index in [0.29, 0.717) is 55.3 Å². The maximum absolute atomic E-state index is 12.7. The van der Waals surface area contributed by atoms with E-state index in [1.807, 2.05) is 25.1 Å². The lowest BCUT2D eigenvalue weighted by Gasteiger charge is -2.43. The number of carbonyl (C=O) groups excluding carboxylic acids is 1. The Labute approximate surface area is 216 Å². The second kappa shape index (κ2) is 11.7. The van der Waals surface area contributed by atoms with Gasteiger partial charge in [-0.2, -0.15) is 0 Å². The number of esters is 1. The van der Waals surface area contributed by atoms with E-state index in [1.165, 1.54) is 4.90 Å². The van der Waals surface area contributed by atoms with Crippen LogP contribution in [0.3, 0.4) is 0 Å². The standard InChI is InChI=1S/C28H35NO8/c1-4-36-21-7-5-6-18(14-21)25-26(30)19(10-11-29(25)28(32)33)15-22-20(16-37-27(22)31)12-17-8-9-23(34-2)24(13-17)35-3/h5-9,13-14,19-20,22,25-26,30H,4,10-12,15-16H2,1-3H3,(H,32,33)/t19?,20-,22+,25?,26+/m0/s1. The number of hydrogen-bond donors (Lipinski definition) is 2. The number of hydrogen-bond acceptors (Lipinski definition) is 7. The molecule has 0 aromatic heterocycles. The van der Waals surface area contributed by atoms with E-state index >= 15 is 0 Å². The zero-order valence-electron chi connectivity index (χ0n) is 21.5. The topological polar surface area (TPSA) is 115 Å². The SMILES string of the molecule is CCOc1cccc(C2[C@H](O)C(C[C@H]3C(=O)OC[C@@H]3Cc3ccc(OC)c(OC)c3)CCN2C(=O)O)c1. The molecule has 0 spiro atoms. The van der Waals surface area contributed by atoms with Crippen LogP contribution in [0.2, 0.25) is 0 Å². The first-order chi connectivity index (χ1) is 17.9. The molecule has 2 heterocycles. The lowest BCUT2D eigenvalue weighted by Crippen LogP contribution is -2.49. The molecule has 200 valence electrons. The Hall–Kier alpha value is -3.46. The van der Waals surface area contributed by atoms with Crippen LogP contribution in [0.5, 0.6) is 17.2 Å². The fraction of sp³-hybridized carbons (Fsp3) is 0.500. The van der Waals surface area contributed by atoms with Gasteiger partial charge in [0.15, 0.2) is 11.5 Å². The number of aliphatic hydroxyl groups excluding tert-OH is 1. The van der Waals surface area contributed by atoms with Crippen molar-refractivity contribution >= 4 is 12.1 Å². The monoisotopic (exact) mass is 513 g/mol. The molecule has 0 bridgehead atoms. The van der Waals surface area contributed by atoms with Crippen molar-refractivity contribution in [3.05, 3.63) is 53.6 Å². The number of ether oxygens (including phenoxy) is 4. The van der Waals surface area contributed by atoms with Gasteiger partial charge in [0.25, 0.3) is 0 Å². The van der Waals surface area contributed by atoms with Crippen LogP contribution in [-0.2, 0) is 16.0 Å². The molecule has 0 aliphatic carbocycles. The average molecular weight is 514 g/mol. The number of carboxylic acid groups (broad SMARTS) is 1. The van der Waals surface area contributed by atoms with Crippen LogP contribution in [-0.4, -0.2) is 67.3 Å². The summed E-state index contributed by atoms with van der Waals surface area (Å²) in [4.78, 5) is 26.1. The third-order valence-electron chi connectivity index (χ3n) is 7.45. The van der Waals surface area contributed by atoms with Gasteiger partial charge in [0.05, 0.1) is 45.5 Å². The number of likely N-dealkylation sites (tertiary alicyclic amines) is 1. The highest BCUT2D eigenvalue weighted by Crippen LogP contribution is 2.41. The molecule has 37 heavy (non-hydrogen) atoms. The first kappa shape index (κ1) is 26.6. The molecule has 2 aliphatic rings. The molecule has 2 saturated heterocycles. The summed E-state index contributed by atoms with van der Waals surface area (Å²) >= 11 is 0. The zero-order chi connectivity index (χ0) is 26.5. The summed E-state index contributed by atoms with van der Waals surface area (Å²) in [5.41, 5.74) is 1.67. The van der Waals surface area contributed by atoms with Crippen molar-refractivity contribution in [2.75, 3.05) is 34.0 Å². The number of aliphatic hydroxyl groups is 1. The van der Waals surface area contributed by atoms with Crippen LogP contribution >= 0.6 is 0 Å². The van der Waals surface area contributed by atoms with E-state index in [4.69, 9.17) is 18.9 Å². The number of methoxy groups -OCH3 is 2. The van der Waals surface area contributed by atoms with E-state index in [2.05, 4.69) is 0 Å². The van der Waals surface area contributed by atoms with Gasteiger partial charge in [-0.3, -0.25) is 9.69 Å². The van der Waals surface area contributed by atoms with Crippen molar-refractivity contribution < 1.29 is 38.7 Å². The summed E-state index contributed by atoms with van der Waals surface area (Å²) in [6.07, 6.45) is -0.567. The van der Waals surface area contributed by atoms with Gasteiger partial charge in [-0.05, 0) is 67.5 Å². The third kappa shape index (κ3) is 5.77. The molecule has 2 unspecified atom stereocenters. The summed E-state index contributed by atoms with van der Waals surface area (Å²) in [5, 5.41) is 21.3. The number of piperidine rings is 1.